The largest absolute Gasteiger partial charge is 0.389 e. The van der Waals surface area contributed by atoms with Crippen LogP contribution in [0, 0.1) is 0 Å². The number of nitrogens with one attached hydrogen (secondary N) is 1. The molecule has 1 saturated heterocycles. The lowest BCUT2D eigenvalue weighted by atomic mass is 10.2. The number of aliphatic hydroxyl groups is 1. The molecule has 0 saturated carbocycles. The van der Waals surface area contributed by atoms with Crippen molar-refractivity contribution in [2.75, 3.05) is 13.2 Å². The summed E-state index contributed by atoms with van der Waals surface area (Å²) in [4.78, 5) is 8.07. The topological polar surface area (TPSA) is 67.3 Å². The van der Waals surface area contributed by atoms with Crippen molar-refractivity contribution >= 4 is 0 Å². The Balaban J connectivity index is 1.82. The zero-order valence-corrected chi connectivity index (χ0v) is 7.76. The highest BCUT2D eigenvalue weighted by atomic mass is 16.5. The summed E-state index contributed by atoms with van der Waals surface area (Å²) in [5.41, 5.74) is 0.867. The molecule has 2 atom stereocenters. The normalized spacial score (nSPS) is 26.6. The maximum atomic E-state index is 9.44. The van der Waals surface area contributed by atoms with E-state index in [-0.39, 0.29) is 6.04 Å². The molecule has 2 rings (SSSR count). The monoisotopic (exact) mass is 195 g/mol. The van der Waals surface area contributed by atoms with E-state index in [1.165, 1.54) is 0 Å². The van der Waals surface area contributed by atoms with Gasteiger partial charge in [0.25, 0.3) is 0 Å². The molecule has 2 unspecified atom stereocenters. The molecule has 0 spiro atoms. The number of hydrogen-bond acceptors (Lipinski definition) is 5. The molecule has 1 aromatic rings. The number of aromatic nitrogens is 2. The number of hydrogen-bond donors (Lipinski definition) is 2. The van der Waals surface area contributed by atoms with Crippen molar-refractivity contribution in [1.29, 1.82) is 0 Å². The van der Waals surface area contributed by atoms with Crippen LogP contribution in [0.15, 0.2) is 18.6 Å². The third-order valence-corrected chi connectivity index (χ3v) is 2.21. The molecule has 0 aromatic carbocycles. The van der Waals surface area contributed by atoms with Gasteiger partial charge in [0, 0.05) is 25.1 Å². The SMILES string of the molecule is OC1COCC1NCc1cnccn1. The van der Waals surface area contributed by atoms with Gasteiger partial charge in [-0.3, -0.25) is 9.97 Å². The summed E-state index contributed by atoms with van der Waals surface area (Å²) < 4.78 is 5.11. The summed E-state index contributed by atoms with van der Waals surface area (Å²) in [6.07, 6.45) is 4.58. The summed E-state index contributed by atoms with van der Waals surface area (Å²) >= 11 is 0. The molecule has 5 nitrogen and oxygen atoms in total. The van der Waals surface area contributed by atoms with Crippen LogP contribution in [-0.2, 0) is 11.3 Å². The van der Waals surface area contributed by atoms with E-state index in [0.717, 1.165) is 5.69 Å². The lowest BCUT2D eigenvalue weighted by Crippen LogP contribution is -2.38. The van der Waals surface area contributed by atoms with Crippen molar-refractivity contribution in [2.45, 2.75) is 18.7 Å². The van der Waals surface area contributed by atoms with Crippen LogP contribution < -0.4 is 5.32 Å². The van der Waals surface area contributed by atoms with Crippen LogP contribution in [0.1, 0.15) is 5.69 Å². The van der Waals surface area contributed by atoms with E-state index >= 15 is 0 Å². The Kier molecular flexibility index (Phi) is 3.03. The van der Waals surface area contributed by atoms with Gasteiger partial charge in [0.1, 0.15) is 0 Å². The van der Waals surface area contributed by atoms with Crippen molar-refractivity contribution in [3.63, 3.8) is 0 Å². The number of rotatable bonds is 3. The molecule has 0 aliphatic carbocycles. The predicted molar refractivity (Wildman–Crippen MR) is 49.5 cm³/mol. The highest BCUT2D eigenvalue weighted by Crippen LogP contribution is 2.05. The average Bonchev–Trinajstić information content (AvgIpc) is 2.63. The van der Waals surface area contributed by atoms with E-state index in [9.17, 15) is 5.11 Å². The lowest BCUT2D eigenvalue weighted by molar-refractivity contribution is 0.122. The third kappa shape index (κ3) is 2.25. The Labute approximate surface area is 82.1 Å². The van der Waals surface area contributed by atoms with E-state index in [4.69, 9.17) is 4.74 Å². The molecule has 76 valence electrons. The molecule has 2 N–H and O–H groups in total. The maximum absolute atomic E-state index is 9.44. The van der Waals surface area contributed by atoms with E-state index in [1.54, 1.807) is 18.6 Å². The van der Waals surface area contributed by atoms with Crippen LogP contribution in [0.4, 0.5) is 0 Å². The molecule has 1 aliphatic rings. The van der Waals surface area contributed by atoms with Gasteiger partial charge in [-0.1, -0.05) is 0 Å². The lowest BCUT2D eigenvalue weighted by Gasteiger charge is -2.13. The van der Waals surface area contributed by atoms with Gasteiger partial charge in [-0.15, -0.1) is 0 Å². The molecular formula is C9H13N3O2. The fourth-order valence-corrected chi connectivity index (χ4v) is 1.39. The Bertz CT molecular complexity index is 281. The number of nitrogens with zero attached hydrogens (tertiary/aromatic N) is 2. The Morgan fingerprint density at radius 2 is 2.43 bits per heavy atom. The minimum atomic E-state index is -0.410. The van der Waals surface area contributed by atoms with Gasteiger partial charge in [0.2, 0.25) is 0 Å². The summed E-state index contributed by atoms with van der Waals surface area (Å²) in [5, 5.41) is 12.6. The standard InChI is InChI=1S/C9H13N3O2/c13-9-6-14-5-8(9)12-4-7-3-10-1-2-11-7/h1-3,8-9,12-13H,4-6H2. The predicted octanol–water partition coefficient (Wildman–Crippen LogP) is -0.674. The first-order valence-corrected chi connectivity index (χ1v) is 4.60. The first kappa shape index (κ1) is 9.51. The Morgan fingerprint density at radius 3 is 3.07 bits per heavy atom. The van der Waals surface area contributed by atoms with Gasteiger partial charge in [-0.05, 0) is 0 Å². The second-order valence-electron chi connectivity index (χ2n) is 3.29. The van der Waals surface area contributed by atoms with E-state index in [1.807, 2.05) is 0 Å². The molecule has 0 radical (unpaired) electrons. The second-order valence-corrected chi connectivity index (χ2v) is 3.29. The second kappa shape index (κ2) is 4.45. The van der Waals surface area contributed by atoms with Gasteiger partial charge in [0.15, 0.2) is 0 Å². The molecule has 1 aliphatic heterocycles. The summed E-state index contributed by atoms with van der Waals surface area (Å²) in [7, 11) is 0. The van der Waals surface area contributed by atoms with Crippen molar-refractivity contribution in [2.24, 2.45) is 0 Å². The van der Waals surface area contributed by atoms with Crippen LogP contribution in [0.5, 0.6) is 0 Å². The molecule has 0 amide bonds. The molecular weight excluding hydrogens is 182 g/mol. The van der Waals surface area contributed by atoms with Crippen molar-refractivity contribution in [3.8, 4) is 0 Å². The highest BCUT2D eigenvalue weighted by Gasteiger charge is 2.25. The molecule has 14 heavy (non-hydrogen) atoms. The van der Waals surface area contributed by atoms with Crippen LogP contribution in [-0.4, -0.2) is 40.4 Å². The van der Waals surface area contributed by atoms with Crippen LogP contribution in [0.3, 0.4) is 0 Å². The summed E-state index contributed by atoms with van der Waals surface area (Å²) in [6, 6.07) is 0.0111. The zero-order valence-electron chi connectivity index (χ0n) is 7.76. The molecule has 5 heteroatoms. The highest BCUT2D eigenvalue weighted by molar-refractivity contribution is 4.95. The number of aliphatic hydroxyl groups excluding tert-OH is 1. The van der Waals surface area contributed by atoms with Crippen molar-refractivity contribution in [1.82, 2.24) is 15.3 Å². The van der Waals surface area contributed by atoms with Crippen molar-refractivity contribution < 1.29 is 9.84 Å². The molecule has 0 bridgehead atoms. The van der Waals surface area contributed by atoms with Gasteiger partial charge in [-0.2, -0.15) is 0 Å². The van der Waals surface area contributed by atoms with E-state index in [2.05, 4.69) is 15.3 Å². The molecule has 1 fully saturated rings. The van der Waals surface area contributed by atoms with Gasteiger partial charge < -0.3 is 15.2 Å². The zero-order chi connectivity index (χ0) is 9.80. The number of ether oxygens (including phenoxy) is 1. The fourth-order valence-electron chi connectivity index (χ4n) is 1.39. The minimum Gasteiger partial charge on any atom is -0.389 e. The smallest absolute Gasteiger partial charge is 0.0948 e. The molecule has 2 heterocycles. The van der Waals surface area contributed by atoms with Gasteiger partial charge in [0.05, 0.1) is 31.1 Å². The fraction of sp³-hybridized carbons (Fsp3) is 0.556. The summed E-state index contributed by atoms with van der Waals surface area (Å²) in [6.45, 7) is 1.58. The first-order valence-electron chi connectivity index (χ1n) is 4.60. The van der Waals surface area contributed by atoms with E-state index in [0.29, 0.717) is 19.8 Å². The van der Waals surface area contributed by atoms with Crippen molar-refractivity contribution in [3.05, 3.63) is 24.3 Å². The molecule has 1 aromatic heterocycles. The van der Waals surface area contributed by atoms with Crippen LogP contribution in [0.25, 0.3) is 0 Å². The average molecular weight is 195 g/mol. The first-order chi connectivity index (χ1) is 6.86. The maximum Gasteiger partial charge on any atom is 0.0948 e. The Morgan fingerprint density at radius 1 is 1.50 bits per heavy atom. The van der Waals surface area contributed by atoms with Gasteiger partial charge >= 0.3 is 0 Å². The minimum absolute atomic E-state index is 0.0111. The van der Waals surface area contributed by atoms with Crippen LogP contribution >= 0.6 is 0 Å². The Hall–Kier alpha value is -1.04. The quantitative estimate of drug-likeness (QED) is 0.669. The van der Waals surface area contributed by atoms with E-state index < -0.39 is 6.10 Å². The van der Waals surface area contributed by atoms with Gasteiger partial charge in [-0.25, -0.2) is 0 Å². The summed E-state index contributed by atoms with van der Waals surface area (Å²) in [5.74, 6) is 0. The van der Waals surface area contributed by atoms with Crippen LogP contribution in [0.2, 0.25) is 0 Å². The third-order valence-electron chi connectivity index (χ3n) is 2.21.